The topological polar surface area (TPSA) is 6.25 Å². The molecule has 2 nitrogen and oxygen atoms in total. The van der Waals surface area contributed by atoms with E-state index in [0.717, 1.165) is 25.9 Å². The molecule has 0 N–H and O–H groups in total. The zero-order valence-corrected chi connectivity index (χ0v) is 34.9. The quantitative estimate of drug-likeness (QED) is 0.0538. The van der Waals surface area contributed by atoms with Crippen LogP contribution in [-0.2, 0) is 12.8 Å². The first-order valence-corrected chi connectivity index (χ1v) is 23.3. The van der Waals surface area contributed by atoms with E-state index in [1.54, 1.807) is 0 Å². The Morgan fingerprint density at radius 2 is 0.943 bits per heavy atom. The van der Waals surface area contributed by atoms with Crippen LogP contribution in [0.2, 0.25) is 0 Å². The smallest absolute Gasteiger partial charge is 0.209 e. The first kappa shape index (κ1) is 43.1. The van der Waals surface area contributed by atoms with E-state index in [-0.39, 0.29) is 0 Å². The molecule has 0 fully saturated rings. The predicted molar refractivity (Wildman–Crippen MR) is 235 cm³/mol. The second-order valence-corrected chi connectivity index (χ2v) is 16.6. The molecule has 0 amide bonds. The molecule has 2 aromatic rings. The molecule has 0 saturated heterocycles. The van der Waals surface area contributed by atoms with Crippen LogP contribution in [0.25, 0.3) is 0 Å². The van der Waals surface area contributed by atoms with E-state index < -0.39 is 0 Å². The van der Waals surface area contributed by atoms with E-state index in [1.165, 1.54) is 214 Å². The summed E-state index contributed by atoms with van der Waals surface area (Å²) >= 11 is 0. The van der Waals surface area contributed by atoms with Crippen molar-refractivity contribution in [3.8, 4) is 0 Å². The lowest BCUT2D eigenvalue weighted by molar-refractivity contribution is -0.437. The molecule has 2 aromatic carbocycles. The number of benzene rings is 2. The Labute approximate surface area is 328 Å². The monoisotopic (exact) mass is 722 g/mol. The van der Waals surface area contributed by atoms with Gasteiger partial charge in [0.25, 0.3) is 0 Å². The molecule has 2 heteroatoms. The Kier molecular flexibility index (Phi) is 22.7. The average molecular weight is 722 g/mol. The van der Waals surface area contributed by atoms with Gasteiger partial charge in [0.1, 0.15) is 6.54 Å². The van der Waals surface area contributed by atoms with Gasteiger partial charge in [-0.05, 0) is 30.5 Å². The minimum atomic E-state index is 1.05. The summed E-state index contributed by atoms with van der Waals surface area (Å²) in [4.78, 5) is 2.63. The normalized spacial score (nSPS) is 14.7. The summed E-state index contributed by atoms with van der Waals surface area (Å²) in [5.74, 6) is 0. The molecular weight excluding hydrogens is 641 g/mol. The molecule has 2 aliphatic rings. The minimum Gasteiger partial charge on any atom is -0.345 e. The first-order chi connectivity index (χ1) is 26.3. The number of anilines is 1. The Hall–Kier alpha value is -2.61. The molecular formula is C51H81N2+. The van der Waals surface area contributed by atoms with Crippen molar-refractivity contribution in [2.45, 2.75) is 206 Å². The van der Waals surface area contributed by atoms with Gasteiger partial charge in [0.2, 0.25) is 5.69 Å². The van der Waals surface area contributed by atoms with Crippen molar-refractivity contribution in [3.05, 3.63) is 83.6 Å². The maximum absolute atomic E-state index is 2.63. The Balaban J connectivity index is 1.17. The van der Waals surface area contributed by atoms with Crippen molar-refractivity contribution in [2.24, 2.45) is 0 Å². The number of fused-ring (bicyclic) bond motifs is 2. The highest BCUT2D eigenvalue weighted by Crippen LogP contribution is 2.35. The second kappa shape index (κ2) is 27.9. The molecule has 0 radical (unpaired) electrons. The highest BCUT2D eigenvalue weighted by molar-refractivity contribution is 5.96. The van der Waals surface area contributed by atoms with Gasteiger partial charge in [0, 0.05) is 48.5 Å². The third-order valence-corrected chi connectivity index (χ3v) is 12.0. The van der Waals surface area contributed by atoms with Crippen molar-refractivity contribution >= 4 is 17.1 Å². The minimum absolute atomic E-state index is 1.05. The van der Waals surface area contributed by atoms with Crippen LogP contribution in [0.4, 0.5) is 11.4 Å². The van der Waals surface area contributed by atoms with Gasteiger partial charge in [-0.2, -0.15) is 4.58 Å². The summed E-state index contributed by atoms with van der Waals surface area (Å²) in [7, 11) is 0. The van der Waals surface area contributed by atoms with Crippen molar-refractivity contribution in [2.75, 3.05) is 18.0 Å². The molecule has 294 valence electrons. The maximum atomic E-state index is 2.63. The van der Waals surface area contributed by atoms with E-state index >= 15 is 0 Å². The molecule has 0 unspecified atom stereocenters. The van der Waals surface area contributed by atoms with Gasteiger partial charge in [-0.1, -0.05) is 217 Å². The maximum Gasteiger partial charge on any atom is 0.209 e. The predicted octanol–water partition coefficient (Wildman–Crippen LogP) is 15.8. The van der Waals surface area contributed by atoms with Crippen molar-refractivity contribution in [1.29, 1.82) is 0 Å². The van der Waals surface area contributed by atoms with E-state index in [2.05, 4.69) is 90.1 Å². The van der Waals surface area contributed by atoms with E-state index in [1.807, 2.05) is 0 Å². The number of para-hydroxylation sites is 2. The Bertz CT molecular complexity index is 1330. The SMILES string of the molecule is CCCCCCCCCCCCCCCCN1/C(=C\C=C\C2=[N+](CCCCCCCCCCCCCCCC)c3ccccc3C2)Cc2ccccc21. The molecule has 0 aliphatic carbocycles. The molecule has 0 spiro atoms. The van der Waals surface area contributed by atoms with Crippen LogP contribution in [-0.4, -0.2) is 23.4 Å². The van der Waals surface area contributed by atoms with E-state index in [4.69, 9.17) is 0 Å². The molecule has 2 aliphatic heterocycles. The lowest BCUT2D eigenvalue weighted by atomic mass is 10.0. The Morgan fingerprint density at radius 1 is 0.491 bits per heavy atom. The number of unbranched alkanes of at least 4 members (excludes halogenated alkanes) is 26. The van der Waals surface area contributed by atoms with Crippen LogP contribution < -0.4 is 4.90 Å². The van der Waals surface area contributed by atoms with Gasteiger partial charge in [-0.15, -0.1) is 0 Å². The largest absolute Gasteiger partial charge is 0.345 e. The number of hydrogen-bond acceptors (Lipinski definition) is 1. The summed E-state index contributed by atoms with van der Waals surface area (Å²) in [6.45, 7) is 6.90. The Morgan fingerprint density at radius 3 is 1.49 bits per heavy atom. The summed E-state index contributed by atoms with van der Waals surface area (Å²) in [6, 6.07) is 18.2. The molecule has 0 aromatic heterocycles. The molecule has 53 heavy (non-hydrogen) atoms. The number of hydrogen-bond donors (Lipinski definition) is 0. The zero-order valence-electron chi connectivity index (χ0n) is 34.9. The molecule has 0 atom stereocenters. The van der Waals surface area contributed by atoms with Crippen molar-refractivity contribution in [1.82, 2.24) is 0 Å². The molecule has 4 rings (SSSR count). The van der Waals surface area contributed by atoms with Crippen LogP contribution in [0.3, 0.4) is 0 Å². The average Bonchev–Trinajstić information content (AvgIpc) is 3.72. The molecule has 0 saturated carbocycles. The molecule has 0 bridgehead atoms. The van der Waals surface area contributed by atoms with Crippen LogP contribution >= 0.6 is 0 Å². The van der Waals surface area contributed by atoms with Gasteiger partial charge in [0.05, 0.1) is 6.42 Å². The lowest BCUT2D eigenvalue weighted by Gasteiger charge is -2.21. The van der Waals surface area contributed by atoms with Gasteiger partial charge < -0.3 is 4.90 Å². The highest BCUT2D eigenvalue weighted by Gasteiger charge is 2.27. The summed E-state index contributed by atoms with van der Waals surface area (Å²) in [5, 5.41) is 0. The summed E-state index contributed by atoms with van der Waals surface area (Å²) < 4.78 is 2.63. The fraction of sp³-hybridized carbons (Fsp3) is 0.667. The number of rotatable bonds is 32. The van der Waals surface area contributed by atoms with Crippen LogP contribution in [0, 0.1) is 0 Å². The van der Waals surface area contributed by atoms with Crippen molar-refractivity contribution in [3.63, 3.8) is 0 Å². The van der Waals surface area contributed by atoms with Gasteiger partial charge >= 0.3 is 0 Å². The third-order valence-electron chi connectivity index (χ3n) is 12.0. The number of nitrogens with zero attached hydrogens (tertiary/aromatic N) is 2. The standard InChI is InChI=1S/C51H81N2/c1-3-5-7-9-11-13-15-17-19-21-23-25-27-33-42-52-48(44-46-36-29-31-40-50(46)52)38-35-39-49-45-47-37-30-32-41-51(47)53(49)43-34-28-26-24-22-20-18-16-14-12-10-8-6-4-2/h29-32,35-41H,3-28,33-34,42-45H2,1-2H3/q+1. The van der Waals surface area contributed by atoms with Crippen molar-refractivity contribution < 1.29 is 4.58 Å². The summed E-state index contributed by atoms with van der Waals surface area (Å²) in [5.41, 5.74) is 8.76. The number of allylic oxidation sites excluding steroid dienone is 4. The fourth-order valence-corrected chi connectivity index (χ4v) is 8.76. The summed E-state index contributed by atoms with van der Waals surface area (Å²) in [6.07, 6.45) is 48.9. The van der Waals surface area contributed by atoms with Crippen LogP contribution in [0.15, 0.2) is 72.5 Å². The molecule has 2 heterocycles. The fourth-order valence-electron chi connectivity index (χ4n) is 8.76. The third kappa shape index (κ3) is 16.7. The highest BCUT2D eigenvalue weighted by atomic mass is 15.2. The second-order valence-electron chi connectivity index (χ2n) is 16.6. The van der Waals surface area contributed by atoms with Gasteiger partial charge in [-0.25, -0.2) is 0 Å². The first-order valence-electron chi connectivity index (χ1n) is 23.3. The van der Waals surface area contributed by atoms with Crippen LogP contribution in [0.5, 0.6) is 0 Å². The van der Waals surface area contributed by atoms with E-state index in [9.17, 15) is 0 Å². The lowest BCUT2D eigenvalue weighted by Crippen LogP contribution is -2.20. The van der Waals surface area contributed by atoms with Crippen LogP contribution in [0.1, 0.15) is 205 Å². The van der Waals surface area contributed by atoms with Gasteiger partial charge in [0.15, 0.2) is 5.71 Å². The van der Waals surface area contributed by atoms with Gasteiger partial charge in [-0.3, -0.25) is 0 Å². The van der Waals surface area contributed by atoms with E-state index in [0.29, 0.717) is 0 Å². The zero-order chi connectivity index (χ0) is 37.0.